The van der Waals surface area contributed by atoms with Gasteiger partial charge in [-0.05, 0) is 31.0 Å². The number of nitrogens with zero attached hydrogens (tertiary/aromatic N) is 1. The molecule has 1 atom stereocenters. The van der Waals surface area contributed by atoms with E-state index in [1.54, 1.807) is 0 Å². The SMILES string of the molecule is Cc1cccc(OCCCN2CCSCC2CC(=O)O)c1. The maximum Gasteiger partial charge on any atom is 0.304 e. The smallest absolute Gasteiger partial charge is 0.304 e. The first-order valence-electron chi connectivity index (χ1n) is 7.38. The van der Waals surface area contributed by atoms with Crippen molar-refractivity contribution >= 4 is 17.7 Å². The molecule has 0 radical (unpaired) electrons. The topological polar surface area (TPSA) is 49.8 Å². The molecule has 1 aromatic carbocycles. The van der Waals surface area contributed by atoms with Crippen molar-refractivity contribution in [2.75, 3.05) is 31.2 Å². The summed E-state index contributed by atoms with van der Waals surface area (Å²) in [5.74, 6) is 2.22. The van der Waals surface area contributed by atoms with Gasteiger partial charge in [0.05, 0.1) is 13.0 Å². The Morgan fingerprint density at radius 1 is 1.52 bits per heavy atom. The van der Waals surface area contributed by atoms with E-state index in [0.29, 0.717) is 6.61 Å². The second-order valence-electron chi connectivity index (χ2n) is 5.38. The van der Waals surface area contributed by atoms with E-state index in [1.807, 2.05) is 30.0 Å². The summed E-state index contributed by atoms with van der Waals surface area (Å²) in [5, 5.41) is 8.97. The summed E-state index contributed by atoms with van der Waals surface area (Å²) in [6.07, 6.45) is 1.17. The molecule has 1 aliphatic rings. The van der Waals surface area contributed by atoms with E-state index in [-0.39, 0.29) is 12.5 Å². The molecule has 5 heteroatoms. The fourth-order valence-electron chi connectivity index (χ4n) is 2.54. The number of rotatable bonds is 7. The maximum atomic E-state index is 10.9. The Kier molecular flexibility index (Phi) is 6.39. The summed E-state index contributed by atoms with van der Waals surface area (Å²) < 4.78 is 5.75. The highest BCUT2D eigenvalue weighted by Crippen LogP contribution is 2.19. The van der Waals surface area contributed by atoms with Gasteiger partial charge in [-0.25, -0.2) is 0 Å². The maximum absolute atomic E-state index is 10.9. The lowest BCUT2D eigenvalue weighted by molar-refractivity contribution is -0.138. The zero-order valence-corrected chi connectivity index (χ0v) is 13.3. The van der Waals surface area contributed by atoms with E-state index >= 15 is 0 Å². The normalized spacial score (nSPS) is 19.4. The van der Waals surface area contributed by atoms with E-state index in [1.165, 1.54) is 5.56 Å². The van der Waals surface area contributed by atoms with Crippen LogP contribution in [0, 0.1) is 6.92 Å². The summed E-state index contributed by atoms with van der Waals surface area (Å²) in [6.45, 7) is 4.61. The number of aryl methyl sites for hydroxylation is 1. The molecule has 2 rings (SSSR count). The van der Waals surface area contributed by atoms with Gasteiger partial charge >= 0.3 is 5.97 Å². The van der Waals surface area contributed by atoms with Crippen molar-refractivity contribution < 1.29 is 14.6 Å². The van der Waals surface area contributed by atoms with Crippen LogP contribution < -0.4 is 4.74 Å². The van der Waals surface area contributed by atoms with E-state index in [0.717, 1.165) is 36.8 Å². The molecule has 0 amide bonds. The van der Waals surface area contributed by atoms with Crippen molar-refractivity contribution in [2.45, 2.75) is 25.8 Å². The van der Waals surface area contributed by atoms with Crippen LogP contribution in [-0.4, -0.2) is 53.2 Å². The van der Waals surface area contributed by atoms with Crippen LogP contribution in [0.25, 0.3) is 0 Å². The lowest BCUT2D eigenvalue weighted by atomic mass is 10.2. The third kappa shape index (κ3) is 5.59. The second-order valence-corrected chi connectivity index (χ2v) is 6.53. The summed E-state index contributed by atoms with van der Waals surface area (Å²) in [7, 11) is 0. The van der Waals surface area contributed by atoms with Gasteiger partial charge in [0.15, 0.2) is 0 Å². The standard InChI is InChI=1S/C16H23NO3S/c1-13-4-2-5-15(10-13)20-8-3-6-17-7-9-21-12-14(17)11-16(18)19/h2,4-5,10,14H,3,6-9,11-12H2,1H3,(H,18,19). The van der Waals surface area contributed by atoms with Gasteiger partial charge in [0.2, 0.25) is 0 Å². The largest absolute Gasteiger partial charge is 0.494 e. The first kappa shape index (κ1) is 16.2. The van der Waals surface area contributed by atoms with Crippen molar-refractivity contribution in [1.29, 1.82) is 0 Å². The minimum absolute atomic E-state index is 0.167. The highest BCUT2D eigenvalue weighted by molar-refractivity contribution is 7.99. The minimum Gasteiger partial charge on any atom is -0.494 e. The van der Waals surface area contributed by atoms with Crippen LogP contribution in [0.5, 0.6) is 5.75 Å². The molecule has 1 unspecified atom stereocenters. The molecule has 21 heavy (non-hydrogen) atoms. The molecule has 1 aromatic rings. The van der Waals surface area contributed by atoms with Crippen LogP contribution in [0.3, 0.4) is 0 Å². The van der Waals surface area contributed by atoms with Gasteiger partial charge in [-0.3, -0.25) is 9.69 Å². The van der Waals surface area contributed by atoms with Gasteiger partial charge in [-0.15, -0.1) is 0 Å². The second kappa shape index (κ2) is 8.29. The molecular formula is C16H23NO3S. The van der Waals surface area contributed by atoms with Gasteiger partial charge < -0.3 is 9.84 Å². The molecule has 0 aromatic heterocycles. The van der Waals surface area contributed by atoms with Gasteiger partial charge in [-0.2, -0.15) is 11.8 Å². The Morgan fingerprint density at radius 3 is 3.14 bits per heavy atom. The number of carboxylic acids is 1. The Hall–Kier alpha value is -1.20. The van der Waals surface area contributed by atoms with Crippen LogP contribution in [0.1, 0.15) is 18.4 Å². The average molecular weight is 309 g/mol. The average Bonchev–Trinajstić information content (AvgIpc) is 2.45. The van der Waals surface area contributed by atoms with Gasteiger partial charge in [0, 0.05) is 30.6 Å². The summed E-state index contributed by atoms with van der Waals surface area (Å²) in [5.41, 5.74) is 1.20. The zero-order chi connectivity index (χ0) is 15.1. The van der Waals surface area contributed by atoms with Crippen molar-refractivity contribution in [2.24, 2.45) is 0 Å². The van der Waals surface area contributed by atoms with Crippen molar-refractivity contribution in [3.05, 3.63) is 29.8 Å². The molecule has 0 bridgehead atoms. The molecule has 0 saturated carbocycles. The number of carbonyl (C=O) groups is 1. The molecule has 116 valence electrons. The number of hydrogen-bond donors (Lipinski definition) is 1. The quantitative estimate of drug-likeness (QED) is 0.785. The first-order valence-corrected chi connectivity index (χ1v) is 8.53. The minimum atomic E-state index is -0.705. The van der Waals surface area contributed by atoms with E-state index in [2.05, 4.69) is 17.9 Å². The molecule has 0 spiro atoms. The Morgan fingerprint density at radius 2 is 2.38 bits per heavy atom. The first-order chi connectivity index (χ1) is 10.1. The summed E-state index contributed by atoms with van der Waals surface area (Å²) in [6, 6.07) is 8.22. The number of ether oxygens (including phenoxy) is 1. The molecule has 1 heterocycles. The monoisotopic (exact) mass is 309 g/mol. The molecular weight excluding hydrogens is 286 g/mol. The van der Waals surface area contributed by atoms with Gasteiger partial charge in [0.1, 0.15) is 5.75 Å². The summed E-state index contributed by atoms with van der Waals surface area (Å²) >= 11 is 1.85. The molecule has 1 N–H and O–H groups in total. The molecule has 1 fully saturated rings. The van der Waals surface area contributed by atoms with Gasteiger partial charge in [0.25, 0.3) is 0 Å². The number of thioether (sulfide) groups is 1. The lowest BCUT2D eigenvalue weighted by Gasteiger charge is -2.34. The number of aliphatic carboxylic acids is 1. The van der Waals surface area contributed by atoms with E-state index < -0.39 is 5.97 Å². The predicted octanol–water partition coefficient (Wildman–Crippen LogP) is 2.66. The van der Waals surface area contributed by atoms with Crippen LogP contribution in [0.2, 0.25) is 0 Å². The molecule has 1 aliphatic heterocycles. The molecule has 0 aliphatic carbocycles. The Balaban J connectivity index is 1.72. The fraction of sp³-hybridized carbons (Fsp3) is 0.562. The summed E-state index contributed by atoms with van der Waals surface area (Å²) in [4.78, 5) is 13.2. The highest BCUT2D eigenvalue weighted by Gasteiger charge is 2.24. The fourth-order valence-corrected chi connectivity index (χ4v) is 3.67. The van der Waals surface area contributed by atoms with E-state index in [9.17, 15) is 4.79 Å². The third-order valence-corrected chi connectivity index (χ3v) is 4.70. The van der Waals surface area contributed by atoms with Gasteiger partial charge in [-0.1, -0.05) is 12.1 Å². The Bertz CT molecular complexity index is 467. The van der Waals surface area contributed by atoms with Crippen LogP contribution in [0.4, 0.5) is 0 Å². The predicted molar refractivity (Wildman–Crippen MR) is 86.2 cm³/mol. The van der Waals surface area contributed by atoms with Crippen molar-refractivity contribution in [1.82, 2.24) is 4.90 Å². The lowest BCUT2D eigenvalue weighted by Crippen LogP contribution is -2.44. The zero-order valence-electron chi connectivity index (χ0n) is 12.5. The highest BCUT2D eigenvalue weighted by atomic mass is 32.2. The number of hydrogen-bond acceptors (Lipinski definition) is 4. The van der Waals surface area contributed by atoms with Crippen LogP contribution in [-0.2, 0) is 4.79 Å². The number of benzene rings is 1. The third-order valence-electron chi connectivity index (χ3n) is 3.61. The van der Waals surface area contributed by atoms with Crippen molar-refractivity contribution in [3.63, 3.8) is 0 Å². The molecule has 4 nitrogen and oxygen atoms in total. The molecule has 1 saturated heterocycles. The van der Waals surface area contributed by atoms with Crippen LogP contribution in [0.15, 0.2) is 24.3 Å². The van der Waals surface area contributed by atoms with E-state index in [4.69, 9.17) is 9.84 Å². The Labute approximate surface area is 130 Å². The van der Waals surface area contributed by atoms with Crippen LogP contribution >= 0.6 is 11.8 Å². The van der Waals surface area contributed by atoms with Crippen molar-refractivity contribution in [3.8, 4) is 5.75 Å². The number of carboxylic acid groups (broad SMARTS) is 1.